The Hall–Kier alpha value is -2.52. The van der Waals surface area contributed by atoms with Crippen molar-refractivity contribution in [2.75, 3.05) is 11.9 Å². The summed E-state index contributed by atoms with van der Waals surface area (Å²) >= 11 is 6.07. The zero-order valence-corrected chi connectivity index (χ0v) is 13.7. The first kappa shape index (κ1) is 17.8. The van der Waals surface area contributed by atoms with E-state index in [0.29, 0.717) is 29.2 Å². The largest absolute Gasteiger partial charge is 0.480 e. The summed E-state index contributed by atoms with van der Waals surface area (Å²) < 4.78 is 1.42. The van der Waals surface area contributed by atoms with Crippen LogP contribution in [0.2, 0.25) is 5.02 Å². The van der Waals surface area contributed by atoms with Gasteiger partial charge in [-0.15, -0.1) is 5.10 Å². The highest BCUT2D eigenvalue weighted by atomic mass is 35.5. The van der Waals surface area contributed by atoms with Gasteiger partial charge < -0.3 is 10.4 Å². The first-order valence-corrected chi connectivity index (χ1v) is 7.68. The maximum atomic E-state index is 12.0. The molecule has 3 N–H and O–H groups in total. The predicted molar refractivity (Wildman–Crippen MR) is 87.1 cm³/mol. The van der Waals surface area contributed by atoms with Gasteiger partial charge in [0.2, 0.25) is 5.91 Å². The molecule has 9 nitrogen and oxygen atoms in total. The van der Waals surface area contributed by atoms with E-state index < -0.39 is 17.9 Å². The lowest BCUT2D eigenvalue weighted by Gasteiger charge is -2.14. The number of hydrogen-bond acceptors (Lipinski definition) is 6. The number of nitrogens with zero attached hydrogens (tertiary/aromatic N) is 4. The second-order valence-electron chi connectivity index (χ2n) is 5.03. The van der Waals surface area contributed by atoms with Crippen LogP contribution in [0.25, 0.3) is 5.69 Å². The van der Waals surface area contributed by atoms with Gasteiger partial charge in [0.05, 0.1) is 22.9 Å². The van der Waals surface area contributed by atoms with Gasteiger partial charge in [-0.3, -0.25) is 14.9 Å². The van der Waals surface area contributed by atoms with Crippen LogP contribution in [0.15, 0.2) is 24.5 Å². The van der Waals surface area contributed by atoms with Gasteiger partial charge in [0.25, 0.3) is 0 Å². The summed E-state index contributed by atoms with van der Waals surface area (Å²) in [7, 11) is 0. The molecule has 1 amide bonds. The molecule has 0 saturated heterocycles. The highest BCUT2D eigenvalue weighted by Crippen LogP contribution is 2.24. The Kier molecular flexibility index (Phi) is 6.21. The molecule has 1 aromatic heterocycles. The lowest BCUT2D eigenvalue weighted by Crippen LogP contribution is -2.41. The topological polar surface area (TPSA) is 122 Å². The molecule has 0 spiro atoms. The van der Waals surface area contributed by atoms with Gasteiger partial charge >= 0.3 is 5.97 Å². The smallest absolute Gasteiger partial charge is 0.320 e. The van der Waals surface area contributed by atoms with Crippen molar-refractivity contribution >= 4 is 29.2 Å². The van der Waals surface area contributed by atoms with E-state index in [0.717, 1.165) is 0 Å². The number of nitrogens with one attached hydrogen (secondary N) is 2. The second kappa shape index (κ2) is 8.37. The van der Waals surface area contributed by atoms with Crippen LogP contribution < -0.4 is 10.6 Å². The lowest BCUT2D eigenvalue weighted by atomic mass is 10.1. The standard InChI is InChI=1S/C14H17ClN6O3/c1-2-3-11(14(23)24)16-7-13(22)18-12-6-9(4-5-10(12)15)21-8-17-19-20-21/h4-6,8,11,16H,2-3,7H2,1H3,(H,18,22)(H,23,24). The number of tetrazole rings is 1. The first-order valence-electron chi connectivity index (χ1n) is 7.30. The molecule has 2 aromatic rings. The van der Waals surface area contributed by atoms with Crippen LogP contribution in [0.3, 0.4) is 0 Å². The van der Waals surface area contributed by atoms with Crippen LogP contribution in [0.4, 0.5) is 5.69 Å². The molecule has 0 aliphatic carbocycles. The van der Waals surface area contributed by atoms with Crippen LogP contribution in [-0.2, 0) is 9.59 Å². The van der Waals surface area contributed by atoms with Crippen molar-refractivity contribution in [3.8, 4) is 5.69 Å². The Morgan fingerprint density at radius 3 is 2.83 bits per heavy atom. The second-order valence-corrected chi connectivity index (χ2v) is 5.43. The molecule has 0 aliphatic rings. The summed E-state index contributed by atoms with van der Waals surface area (Å²) in [5.41, 5.74) is 1.01. The van der Waals surface area contributed by atoms with Crippen molar-refractivity contribution in [3.63, 3.8) is 0 Å². The van der Waals surface area contributed by atoms with Crippen LogP contribution in [0.1, 0.15) is 19.8 Å². The highest BCUT2D eigenvalue weighted by molar-refractivity contribution is 6.33. The Morgan fingerprint density at radius 2 is 2.21 bits per heavy atom. The van der Waals surface area contributed by atoms with E-state index in [1.165, 1.54) is 11.0 Å². The van der Waals surface area contributed by atoms with Gasteiger partial charge in [-0.25, -0.2) is 4.68 Å². The third-order valence-electron chi connectivity index (χ3n) is 3.22. The normalized spacial score (nSPS) is 11.9. The number of rotatable bonds is 8. The third-order valence-corrected chi connectivity index (χ3v) is 3.55. The molecule has 1 aromatic carbocycles. The molecule has 24 heavy (non-hydrogen) atoms. The minimum atomic E-state index is -0.983. The lowest BCUT2D eigenvalue weighted by molar-refractivity contribution is -0.139. The van der Waals surface area contributed by atoms with Crippen molar-refractivity contribution in [1.82, 2.24) is 25.5 Å². The zero-order valence-electron chi connectivity index (χ0n) is 12.9. The van der Waals surface area contributed by atoms with E-state index in [-0.39, 0.29) is 6.54 Å². The molecular formula is C14H17ClN6O3. The Bertz CT molecular complexity index is 707. The van der Waals surface area contributed by atoms with Crippen molar-refractivity contribution in [2.45, 2.75) is 25.8 Å². The van der Waals surface area contributed by atoms with Crippen molar-refractivity contribution in [1.29, 1.82) is 0 Å². The number of carboxylic acids is 1. The van der Waals surface area contributed by atoms with E-state index in [1.54, 1.807) is 18.2 Å². The van der Waals surface area contributed by atoms with Crippen LogP contribution in [-0.4, -0.2) is 49.8 Å². The number of anilines is 1. The molecule has 0 fully saturated rings. The van der Waals surface area contributed by atoms with Gasteiger partial charge in [0.15, 0.2) is 0 Å². The number of carboxylic acid groups (broad SMARTS) is 1. The summed E-state index contributed by atoms with van der Waals surface area (Å²) in [5, 5.41) is 25.6. The molecular weight excluding hydrogens is 336 g/mol. The van der Waals surface area contributed by atoms with Gasteiger partial charge in [-0.2, -0.15) is 0 Å². The van der Waals surface area contributed by atoms with Gasteiger partial charge in [0, 0.05) is 0 Å². The monoisotopic (exact) mass is 352 g/mol. The summed E-state index contributed by atoms with van der Waals surface area (Å²) in [5.74, 6) is -1.38. The van der Waals surface area contributed by atoms with Crippen molar-refractivity contribution in [2.24, 2.45) is 0 Å². The quantitative estimate of drug-likeness (QED) is 0.650. The van der Waals surface area contributed by atoms with Crippen LogP contribution >= 0.6 is 11.6 Å². The van der Waals surface area contributed by atoms with E-state index in [2.05, 4.69) is 26.2 Å². The average molecular weight is 353 g/mol. The number of aliphatic carboxylic acids is 1. The maximum absolute atomic E-state index is 12.0. The van der Waals surface area contributed by atoms with Gasteiger partial charge in [0.1, 0.15) is 12.4 Å². The fourth-order valence-electron chi connectivity index (χ4n) is 2.04. The van der Waals surface area contributed by atoms with Crippen molar-refractivity contribution in [3.05, 3.63) is 29.5 Å². The van der Waals surface area contributed by atoms with Crippen LogP contribution in [0.5, 0.6) is 0 Å². The molecule has 0 aliphatic heterocycles. The fraction of sp³-hybridized carbons (Fsp3) is 0.357. The SMILES string of the molecule is CCCC(NCC(=O)Nc1cc(-n2cnnn2)ccc1Cl)C(=O)O. The molecule has 1 atom stereocenters. The predicted octanol–water partition coefficient (Wildman–Crippen LogP) is 1.10. The van der Waals surface area contributed by atoms with E-state index in [1.807, 2.05) is 6.92 Å². The zero-order chi connectivity index (χ0) is 17.5. The molecule has 1 unspecified atom stereocenters. The van der Waals surface area contributed by atoms with E-state index in [9.17, 15) is 9.59 Å². The number of halogens is 1. The molecule has 2 rings (SSSR count). The summed E-state index contributed by atoms with van der Waals surface area (Å²) in [4.78, 5) is 23.1. The Balaban J connectivity index is 2.01. The Labute approximate surface area is 143 Å². The molecule has 0 bridgehead atoms. The number of hydrogen-bond donors (Lipinski definition) is 3. The number of carbonyl (C=O) groups excluding carboxylic acids is 1. The number of carbonyl (C=O) groups is 2. The minimum Gasteiger partial charge on any atom is -0.480 e. The fourth-order valence-corrected chi connectivity index (χ4v) is 2.21. The maximum Gasteiger partial charge on any atom is 0.320 e. The van der Waals surface area contributed by atoms with Gasteiger partial charge in [-0.05, 0) is 35.0 Å². The average Bonchev–Trinajstić information content (AvgIpc) is 3.07. The van der Waals surface area contributed by atoms with Crippen molar-refractivity contribution < 1.29 is 14.7 Å². The molecule has 0 saturated carbocycles. The third kappa shape index (κ3) is 4.74. The molecule has 0 radical (unpaired) electrons. The first-order chi connectivity index (χ1) is 11.5. The molecule has 128 valence electrons. The van der Waals surface area contributed by atoms with Crippen LogP contribution in [0, 0.1) is 0 Å². The number of aromatic nitrogens is 4. The number of amides is 1. The molecule has 1 heterocycles. The number of benzene rings is 1. The van der Waals surface area contributed by atoms with E-state index >= 15 is 0 Å². The van der Waals surface area contributed by atoms with Gasteiger partial charge in [-0.1, -0.05) is 24.9 Å². The summed E-state index contributed by atoms with van der Waals surface area (Å²) in [6.45, 7) is 1.74. The van der Waals surface area contributed by atoms with E-state index in [4.69, 9.17) is 16.7 Å². The highest BCUT2D eigenvalue weighted by Gasteiger charge is 2.17. The summed E-state index contributed by atoms with van der Waals surface area (Å²) in [6.07, 6.45) is 2.56. The minimum absolute atomic E-state index is 0.137. The Morgan fingerprint density at radius 1 is 1.42 bits per heavy atom. The molecule has 10 heteroatoms. The summed E-state index contributed by atoms with van der Waals surface area (Å²) in [6, 6.07) is 4.17.